The minimum Gasteiger partial charge on any atom is -0.493 e. The van der Waals surface area contributed by atoms with E-state index >= 15 is 0 Å². The highest BCUT2D eigenvalue weighted by Gasteiger charge is 2.21. The predicted octanol–water partition coefficient (Wildman–Crippen LogP) is 3.25. The number of rotatable bonds is 9. The van der Waals surface area contributed by atoms with Crippen LogP contribution in [0.3, 0.4) is 0 Å². The van der Waals surface area contributed by atoms with E-state index in [0.29, 0.717) is 49.2 Å². The van der Waals surface area contributed by atoms with Gasteiger partial charge in [-0.25, -0.2) is 8.42 Å². The molecule has 35 heavy (non-hydrogen) atoms. The number of sulfonamides is 1. The molecule has 0 unspecified atom stereocenters. The van der Waals surface area contributed by atoms with Crippen molar-refractivity contribution < 1.29 is 32.2 Å². The zero-order chi connectivity index (χ0) is 24.8. The van der Waals surface area contributed by atoms with Crippen LogP contribution in [-0.2, 0) is 16.4 Å². The van der Waals surface area contributed by atoms with Crippen LogP contribution in [0, 0.1) is 0 Å². The first-order valence-electron chi connectivity index (χ1n) is 10.9. The quantitative estimate of drug-likeness (QED) is 0.466. The molecule has 0 radical (unpaired) electrons. The molecule has 0 saturated carbocycles. The third-order valence-electron chi connectivity index (χ3n) is 5.39. The van der Waals surface area contributed by atoms with Gasteiger partial charge in [-0.05, 0) is 48.4 Å². The van der Waals surface area contributed by atoms with E-state index in [1.54, 1.807) is 50.6 Å². The van der Waals surface area contributed by atoms with Gasteiger partial charge in [0, 0.05) is 12.6 Å². The second-order valence-corrected chi connectivity index (χ2v) is 9.33. The normalized spacial score (nSPS) is 12.5. The summed E-state index contributed by atoms with van der Waals surface area (Å²) in [5, 5.41) is 2.84. The van der Waals surface area contributed by atoms with Crippen LogP contribution in [0.4, 0.5) is 5.69 Å². The number of methoxy groups -OCH3 is 2. The summed E-state index contributed by atoms with van der Waals surface area (Å²) < 4.78 is 50.0. The SMILES string of the molecule is COc1ccc(CCNC(=O)c2ccccc2NS(=O)(=O)c2ccc3c(c2)OCCO3)cc1OC. The first kappa shape index (κ1) is 24.2. The molecular weight excluding hydrogens is 472 g/mol. The van der Waals surface area contributed by atoms with Gasteiger partial charge < -0.3 is 24.3 Å². The number of carbonyl (C=O) groups is 1. The number of nitrogens with one attached hydrogen (secondary N) is 2. The Morgan fingerprint density at radius 2 is 1.66 bits per heavy atom. The third-order valence-corrected chi connectivity index (χ3v) is 6.75. The molecule has 4 rings (SSSR count). The number of fused-ring (bicyclic) bond motifs is 1. The lowest BCUT2D eigenvalue weighted by Crippen LogP contribution is -2.27. The van der Waals surface area contributed by atoms with Gasteiger partial charge >= 0.3 is 0 Å². The molecule has 1 amide bonds. The van der Waals surface area contributed by atoms with Gasteiger partial charge in [-0.15, -0.1) is 0 Å². The summed E-state index contributed by atoms with van der Waals surface area (Å²) in [5.74, 6) is 1.69. The van der Waals surface area contributed by atoms with E-state index in [1.165, 1.54) is 12.1 Å². The first-order valence-corrected chi connectivity index (χ1v) is 12.4. The van der Waals surface area contributed by atoms with E-state index in [4.69, 9.17) is 18.9 Å². The van der Waals surface area contributed by atoms with Crippen molar-refractivity contribution in [2.75, 3.05) is 38.7 Å². The average molecular weight is 499 g/mol. The molecule has 0 aromatic heterocycles. The number of amides is 1. The maximum atomic E-state index is 13.0. The van der Waals surface area contributed by atoms with Crippen LogP contribution in [0.1, 0.15) is 15.9 Å². The van der Waals surface area contributed by atoms with Crippen LogP contribution < -0.4 is 29.0 Å². The van der Waals surface area contributed by atoms with Crippen LogP contribution in [0.2, 0.25) is 0 Å². The Balaban J connectivity index is 1.44. The number of carbonyl (C=O) groups excluding carboxylic acids is 1. The molecule has 1 heterocycles. The van der Waals surface area contributed by atoms with Gasteiger partial charge in [0.15, 0.2) is 23.0 Å². The molecule has 0 bridgehead atoms. The van der Waals surface area contributed by atoms with E-state index in [0.717, 1.165) is 5.56 Å². The largest absolute Gasteiger partial charge is 0.493 e. The Kier molecular flexibility index (Phi) is 7.31. The van der Waals surface area contributed by atoms with Crippen molar-refractivity contribution in [1.29, 1.82) is 0 Å². The van der Waals surface area contributed by atoms with Crippen LogP contribution in [-0.4, -0.2) is 48.3 Å². The zero-order valence-electron chi connectivity index (χ0n) is 19.4. The predicted molar refractivity (Wildman–Crippen MR) is 130 cm³/mol. The molecule has 0 atom stereocenters. The van der Waals surface area contributed by atoms with Crippen LogP contribution >= 0.6 is 0 Å². The van der Waals surface area contributed by atoms with Gasteiger partial charge in [0.25, 0.3) is 15.9 Å². The Bertz CT molecular complexity index is 1330. The molecule has 1 aliphatic heterocycles. The lowest BCUT2D eigenvalue weighted by Gasteiger charge is -2.19. The minimum atomic E-state index is -3.97. The lowest BCUT2D eigenvalue weighted by atomic mass is 10.1. The summed E-state index contributed by atoms with van der Waals surface area (Å²) in [6.07, 6.45) is 0.553. The fourth-order valence-electron chi connectivity index (χ4n) is 3.62. The highest BCUT2D eigenvalue weighted by molar-refractivity contribution is 7.92. The van der Waals surface area contributed by atoms with Crippen molar-refractivity contribution in [3.05, 3.63) is 71.8 Å². The maximum Gasteiger partial charge on any atom is 0.262 e. The van der Waals surface area contributed by atoms with Gasteiger partial charge in [-0.1, -0.05) is 18.2 Å². The molecule has 3 aromatic carbocycles. The first-order chi connectivity index (χ1) is 16.9. The molecule has 1 aliphatic rings. The van der Waals surface area contributed by atoms with Crippen molar-refractivity contribution in [1.82, 2.24) is 5.32 Å². The van der Waals surface area contributed by atoms with E-state index in [-0.39, 0.29) is 16.1 Å². The van der Waals surface area contributed by atoms with Crippen LogP contribution in [0.15, 0.2) is 65.6 Å². The van der Waals surface area contributed by atoms with Crippen LogP contribution in [0.5, 0.6) is 23.0 Å². The van der Waals surface area contributed by atoms with Gasteiger partial charge in [0.05, 0.1) is 30.4 Å². The molecule has 3 aromatic rings. The Hall–Kier alpha value is -3.92. The Morgan fingerprint density at radius 3 is 2.43 bits per heavy atom. The molecule has 0 saturated heterocycles. The summed E-state index contributed by atoms with van der Waals surface area (Å²) in [4.78, 5) is 12.9. The number of anilines is 1. The fourth-order valence-corrected chi connectivity index (χ4v) is 4.71. The highest BCUT2D eigenvalue weighted by Crippen LogP contribution is 2.33. The van der Waals surface area contributed by atoms with E-state index in [2.05, 4.69) is 10.0 Å². The summed E-state index contributed by atoms with van der Waals surface area (Å²) >= 11 is 0. The summed E-state index contributed by atoms with van der Waals surface area (Å²) in [5.41, 5.74) is 1.34. The summed E-state index contributed by atoms with van der Waals surface area (Å²) in [7, 11) is -0.843. The standard InChI is InChI=1S/C25H26N2O7S/c1-31-21-9-7-17(15-23(21)32-2)11-12-26-25(28)19-5-3-4-6-20(19)27-35(29,30)18-8-10-22-24(16-18)34-14-13-33-22/h3-10,15-16,27H,11-14H2,1-2H3,(H,26,28). The minimum absolute atomic E-state index is 0.00501. The van der Waals surface area contributed by atoms with Gasteiger partial charge in [-0.2, -0.15) is 0 Å². The number of ether oxygens (including phenoxy) is 4. The average Bonchev–Trinajstić information content (AvgIpc) is 2.88. The number of hydrogen-bond donors (Lipinski definition) is 2. The van der Waals surface area contributed by atoms with Crippen molar-refractivity contribution >= 4 is 21.6 Å². The molecule has 0 aliphatic carbocycles. The van der Waals surface area contributed by atoms with Crippen molar-refractivity contribution in [2.45, 2.75) is 11.3 Å². The monoisotopic (exact) mass is 498 g/mol. The Labute approximate surface area is 204 Å². The zero-order valence-corrected chi connectivity index (χ0v) is 20.2. The topological polar surface area (TPSA) is 112 Å². The molecule has 0 spiro atoms. The molecular formula is C25H26N2O7S. The molecule has 10 heteroatoms. The summed E-state index contributed by atoms with van der Waals surface area (Å²) in [6.45, 7) is 1.10. The van der Waals surface area contributed by atoms with E-state index in [9.17, 15) is 13.2 Å². The maximum absolute atomic E-state index is 13.0. The van der Waals surface area contributed by atoms with Crippen molar-refractivity contribution in [3.63, 3.8) is 0 Å². The number of para-hydroxylation sites is 1. The molecule has 2 N–H and O–H groups in total. The smallest absolute Gasteiger partial charge is 0.262 e. The second kappa shape index (κ2) is 10.6. The molecule has 184 valence electrons. The second-order valence-electron chi connectivity index (χ2n) is 7.65. The van der Waals surface area contributed by atoms with Crippen molar-refractivity contribution in [3.8, 4) is 23.0 Å². The molecule has 9 nitrogen and oxygen atoms in total. The molecule has 0 fully saturated rings. The van der Waals surface area contributed by atoms with Crippen molar-refractivity contribution in [2.24, 2.45) is 0 Å². The summed E-state index contributed by atoms with van der Waals surface area (Å²) in [6, 6.07) is 16.4. The van der Waals surface area contributed by atoms with Gasteiger partial charge in [-0.3, -0.25) is 9.52 Å². The number of hydrogen-bond acceptors (Lipinski definition) is 7. The lowest BCUT2D eigenvalue weighted by molar-refractivity contribution is 0.0955. The van der Waals surface area contributed by atoms with Crippen LogP contribution in [0.25, 0.3) is 0 Å². The fraction of sp³-hybridized carbons (Fsp3) is 0.240. The van der Waals surface area contributed by atoms with Gasteiger partial charge in [0.1, 0.15) is 13.2 Å². The van der Waals surface area contributed by atoms with E-state index in [1.807, 2.05) is 12.1 Å². The highest BCUT2D eigenvalue weighted by atomic mass is 32.2. The van der Waals surface area contributed by atoms with E-state index < -0.39 is 15.9 Å². The van der Waals surface area contributed by atoms with Gasteiger partial charge in [0.2, 0.25) is 0 Å². The Morgan fingerprint density at radius 1 is 0.914 bits per heavy atom. The number of benzene rings is 3. The third kappa shape index (κ3) is 5.60.